The average Bonchev–Trinajstić information content (AvgIpc) is 2.41. The highest BCUT2D eigenvalue weighted by Crippen LogP contribution is 2.36. The van der Waals surface area contributed by atoms with Crippen LogP contribution in [0.25, 0.3) is 0 Å². The Labute approximate surface area is 125 Å². The molecule has 0 aliphatic heterocycles. The van der Waals surface area contributed by atoms with Crippen molar-refractivity contribution in [3.8, 4) is 0 Å². The maximum Gasteiger partial charge on any atom is 0.446 e. The lowest BCUT2D eigenvalue weighted by Gasteiger charge is -2.07. The van der Waals surface area contributed by atoms with E-state index in [0.717, 1.165) is 25.7 Å². The first-order valence-corrected chi connectivity index (χ1v) is 7.49. The van der Waals surface area contributed by atoms with Gasteiger partial charge < -0.3 is 10.4 Å². The second kappa shape index (κ2) is 8.94. The summed E-state index contributed by atoms with van der Waals surface area (Å²) in [6.45, 7) is 0.692. The first kappa shape index (κ1) is 17.8. The Morgan fingerprint density at radius 1 is 1.10 bits per heavy atom. The molecule has 0 atom stereocenters. The maximum absolute atomic E-state index is 12.2. The van der Waals surface area contributed by atoms with Gasteiger partial charge in [0.05, 0.1) is 0 Å². The van der Waals surface area contributed by atoms with E-state index < -0.39 is 5.51 Å². The Kier molecular flexibility index (Phi) is 7.60. The van der Waals surface area contributed by atoms with Crippen LogP contribution in [0.5, 0.6) is 0 Å². The van der Waals surface area contributed by atoms with Gasteiger partial charge in [0.2, 0.25) is 0 Å². The summed E-state index contributed by atoms with van der Waals surface area (Å²) in [6, 6.07) is 5.34. The molecule has 1 rings (SSSR count). The minimum atomic E-state index is -4.32. The highest BCUT2D eigenvalue weighted by Gasteiger charge is 2.29. The van der Waals surface area contributed by atoms with Gasteiger partial charge in [0, 0.05) is 23.6 Å². The zero-order valence-electron chi connectivity index (χ0n) is 11.4. The van der Waals surface area contributed by atoms with Crippen molar-refractivity contribution in [3.05, 3.63) is 29.8 Å². The summed E-state index contributed by atoms with van der Waals surface area (Å²) in [6.07, 6.45) is 3.40. The van der Waals surface area contributed by atoms with Gasteiger partial charge in [0.25, 0.3) is 5.91 Å². The predicted octanol–water partition coefficient (Wildman–Crippen LogP) is 3.58. The monoisotopic (exact) mass is 321 g/mol. The fourth-order valence-electron chi connectivity index (χ4n) is 1.70. The van der Waals surface area contributed by atoms with Crippen molar-refractivity contribution in [3.63, 3.8) is 0 Å². The number of carbonyl (C=O) groups is 1. The molecule has 0 fully saturated rings. The van der Waals surface area contributed by atoms with Crippen molar-refractivity contribution < 1.29 is 23.1 Å². The minimum Gasteiger partial charge on any atom is -0.396 e. The summed E-state index contributed by atoms with van der Waals surface area (Å²) >= 11 is -0.202. The molecular formula is C14H18F3NO2S. The molecule has 0 aliphatic rings. The van der Waals surface area contributed by atoms with E-state index >= 15 is 0 Å². The lowest BCUT2D eigenvalue weighted by Crippen LogP contribution is -2.24. The predicted molar refractivity (Wildman–Crippen MR) is 76.2 cm³/mol. The van der Waals surface area contributed by atoms with E-state index in [4.69, 9.17) is 5.11 Å². The molecule has 0 saturated heterocycles. The SMILES string of the molecule is O=C(NCCCCCCO)c1ccc(SC(F)(F)F)cc1. The third-order valence-electron chi connectivity index (χ3n) is 2.72. The highest BCUT2D eigenvalue weighted by molar-refractivity contribution is 8.00. The van der Waals surface area contributed by atoms with Crippen molar-refractivity contribution in [1.29, 1.82) is 0 Å². The second-order valence-corrected chi connectivity index (χ2v) is 5.60. The van der Waals surface area contributed by atoms with E-state index in [-0.39, 0.29) is 29.2 Å². The van der Waals surface area contributed by atoms with Crippen LogP contribution >= 0.6 is 11.8 Å². The van der Waals surface area contributed by atoms with Gasteiger partial charge in [-0.2, -0.15) is 13.2 Å². The van der Waals surface area contributed by atoms with Gasteiger partial charge in [0.15, 0.2) is 0 Å². The number of hydrogen-bond donors (Lipinski definition) is 2. The Balaban J connectivity index is 2.34. The minimum absolute atomic E-state index is 0.0584. The normalized spacial score (nSPS) is 11.4. The van der Waals surface area contributed by atoms with Gasteiger partial charge >= 0.3 is 5.51 Å². The highest BCUT2D eigenvalue weighted by atomic mass is 32.2. The second-order valence-electron chi connectivity index (χ2n) is 4.47. The number of halogens is 3. The first-order valence-electron chi connectivity index (χ1n) is 6.67. The molecule has 0 aliphatic carbocycles. The van der Waals surface area contributed by atoms with Crippen molar-refractivity contribution >= 4 is 17.7 Å². The quantitative estimate of drug-likeness (QED) is 0.568. The number of thioether (sulfide) groups is 1. The molecule has 0 bridgehead atoms. The van der Waals surface area contributed by atoms with Crippen LogP contribution < -0.4 is 5.32 Å². The zero-order chi connectivity index (χ0) is 15.7. The first-order chi connectivity index (χ1) is 9.92. The van der Waals surface area contributed by atoms with E-state index in [2.05, 4.69) is 5.32 Å². The zero-order valence-corrected chi connectivity index (χ0v) is 12.3. The van der Waals surface area contributed by atoms with Crippen LogP contribution in [0, 0.1) is 0 Å². The van der Waals surface area contributed by atoms with Gasteiger partial charge in [-0.05, 0) is 48.9 Å². The van der Waals surface area contributed by atoms with Crippen LogP contribution in [0.3, 0.4) is 0 Å². The fourth-order valence-corrected chi connectivity index (χ4v) is 2.24. The fraction of sp³-hybridized carbons (Fsp3) is 0.500. The number of rotatable bonds is 8. The Morgan fingerprint density at radius 2 is 1.71 bits per heavy atom. The van der Waals surface area contributed by atoms with E-state index in [9.17, 15) is 18.0 Å². The molecule has 1 aromatic carbocycles. The number of benzene rings is 1. The topological polar surface area (TPSA) is 49.3 Å². The smallest absolute Gasteiger partial charge is 0.396 e. The molecule has 2 N–H and O–H groups in total. The van der Waals surface area contributed by atoms with E-state index in [1.54, 1.807) is 0 Å². The summed E-state index contributed by atoms with van der Waals surface area (Å²) in [4.78, 5) is 11.8. The molecule has 3 nitrogen and oxygen atoms in total. The summed E-state index contributed by atoms with van der Waals surface area (Å²) in [7, 11) is 0. The van der Waals surface area contributed by atoms with Gasteiger partial charge in [-0.3, -0.25) is 4.79 Å². The third-order valence-corrected chi connectivity index (χ3v) is 3.46. The summed E-state index contributed by atoms with van der Waals surface area (Å²) in [5.74, 6) is -0.291. The lowest BCUT2D eigenvalue weighted by atomic mass is 10.2. The largest absolute Gasteiger partial charge is 0.446 e. The van der Waals surface area contributed by atoms with E-state index in [0.29, 0.717) is 12.1 Å². The van der Waals surface area contributed by atoms with Crippen LogP contribution in [0.1, 0.15) is 36.0 Å². The van der Waals surface area contributed by atoms with Gasteiger partial charge in [-0.25, -0.2) is 0 Å². The molecule has 0 radical (unpaired) electrons. The Hall–Kier alpha value is -1.21. The number of unbranched alkanes of at least 4 members (excludes halogenated alkanes) is 3. The molecule has 1 aromatic rings. The molecule has 118 valence electrons. The lowest BCUT2D eigenvalue weighted by molar-refractivity contribution is -0.0328. The average molecular weight is 321 g/mol. The van der Waals surface area contributed by atoms with Crippen molar-refractivity contribution in [2.75, 3.05) is 13.2 Å². The molecule has 0 heterocycles. The van der Waals surface area contributed by atoms with Crippen molar-refractivity contribution in [2.45, 2.75) is 36.1 Å². The van der Waals surface area contributed by atoms with Crippen LogP contribution in [0.2, 0.25) is 0 Å². The summed E-state index contributed by atoms with van der Waals surface area (Å²) in [5.41, 5.74) is -3.98. The van der Waals surface area contributed by atoms with Crippen molar-refractivity contribution in [1.82, 2.24) is 5.32 Å². The molecule has 0 spiro atoms. The van der Waals surface area contributed by atoms with Crippen LogP contribution in [0.15, 0.2) is 29.2 Å². The number of carbonyl (C=O) groups excluding carboxylic acids is 1. The molecule has 7 heteroatoms. The standard InChI is InChI=1S/C14H18F3NO2S/c15-14(16,17)21-12-7-5-11(6-8-12)13(20)18-9-3-1-2-4-10-19/h5-8,19H,1-4,9-10H2,(H,18,20). The number of aliphatic hydroxyl groups is 1. The maximum atomic E-state index is 12.2. The summed E-state index contributed by atoms with van der Waals surface area (Å²) in [5, 5.41) is 11.3. The number of alkyl halides is 3. The van der Waals surface area contributed by atoms with E-state index in [1.165, 1.54) is 24.3 Å². The van der Waals surface area contributed by atoms with Crippen LogP contribution in [-0.4, -0.2) is 29.7 Å². The molecular weight excluding hydrogens is 303 g/mol. The third kappa shape index (κ3) is 7.96. The Bertz CT molecular complexity index is 435. The van der Waals surface area contributed by atoms with Gasteiger partial charge in [0.1, 0.15) is 0 Å². The molecule has 0 saturated carbocycles. The molecule has 1 amide bonds. The van der Waals surface area contributed by atoms with E-state index in [1.807, 2.05) is 0 Å². The summed E-state index contributed by atoms with van der Waals surface area (Å²) < 4.78 is 36.5. The van der Waals surface area contributed by atoms with Crippen molar-refractivity contribution in [2.24, 2.45) is 0 Å². The number of hydrogen-bond acceptors (Lipinski definition) is 3. The number of aliphatic hydroxyl groups excluding tert-OH is 1. The van der Waals surface area contributed by atoms with Gasteiger partial charge in [-0.1, -0.05) is 12.8 Å². The van der Waals surface area contributed by atoms with Crippen LogP contribution in [-0.2, 0) is 0 Å². The van der Waals surface area contributed by atoms with Gasteiger partial charge in [-0.15, -0.1) is 0 Å². The number of amides is 1. The number of nitrogens with one attached hydrogen (secondary N) is 1. The molecule has 0 unspecified atom stereocenters. The Morgan fingerprint density at radius 3 is 2.29 bits per heavy atom. The molecule has 21 heavy (non-hydrogen) atoms. The van der Waals surface area contributed by atoms with Crippen LogP contribution in [0.4, 0.5) is 13.2 Å². The molecule has 0 aromatic heterocycles.